The first-order valence-electron chi connectivity index (χ1n) is 41.6. The van der Waals surface area contributed by atoms with Crippen molar-refractivity contribution < 1.29 is 41.1 Å². The summed E-state index contributed by atoms with van der Waals surface area (Å²) in [6.07, 6.45) is 8.10. The van der Waals surface area contributed by atoms with E-state index >= 15 is 0 Å². The second-order valence-corrected chi connectivity index (χ2v) is 51.7. The van der Waals surface area contributed by atoms with Crippen LogP contribution >= 0.6 is 131 Å². The summed E-state index contributed by atoms with van der Waals surface area (Å²) in [6, 6.07) is 39.0. The number of ketones is 1. The molecule has 4 aromatic carbocycles. The van der Waals surface area contributed by atoms with Crippen LogP contribution in [-0.2, 0) is 18.8 Å². The molecule has 124 heavy (non-hydrogen) atoms. The summed E-state index contributed by atoms with van der Waals surface area (Å²) in [5, 5.41) is 14.0. The number of carbonyl (C=O) groups excluding carboxylic acids is 1. The van der Waals surface area contributed by atoms with Crippen LogP contribution < -0.4 is 5.46 Å². The van der Waals surface area contributed by atoms with Crippen LogP contribution in [0.5, 0.6) is 0 Å². The third-order valence-corrected chi connectivity index (χ3v) is 42.0. The molecule has 0 radical (unpaired) electrons. The molecule has 1 aliphatic heterocycles. The van der Waals surface area contributed by atoms with Gasteiger partial charge in [0.1, 0.15) is 66.2 Å². The van der Waals surface area contributed by atoms with E-state index in [1.807, 2.05) is 123 Å². The molecule has 13 aromatic rings. The Kier molecular flexibility index (Phi) is 40.5. The van der Waals surface area contributed by atoms with E-state index in [1.54, 1.807) is 24.3 Å². The molecule has 660 valence electrons. The molecule has 0 N–H and O–H groups in total. The smallest absolute Gasteiger partial charge is 0.399 e. The third kappa shape index (κ3) is 28.0. The van der Waals surface area contributed by atoms with Crippen LogP contribution in [0.1, 0.15) is 218 Å². The van der Waals surface area contributed by atoms with E-state index in [0.29, 0.717) is 85.4 Å². The van der Waals surface area contributed by atoms with E-state index in [-0.39, 0.29) is 51.5 Å². The van der Waals surface area contributed by atoms with E-state index in [1.165, 1.54) is 137 Å². The number of hydrogen-bond donors (Lipinski definition) is 0. The minimum absolute atomic E-state index is 0.0561. The number of pyridine rings is 5. The summed E-state index contributed by atoms with van der Waals surface area (Å²) in [4.78, 5) is 33.2. The fourth-order valence-electron chi connectivity index (χ4n) is 13.4. The topological polar surface area (TPSA) is 118 Å². The van der Waals surface area contributed by atoms with Crippen LogP contribution in [0.3, 0.4) is 0 Å². The predicted molar refractivity (Wildman–Crippen MR) is 532 cm³/mol. The van der Waals surface area contributed by atoms with Gasteiger partial charge in [-0.3, -0.25) is 4.79 Å². The summed E-state index contributed by atoms with van der Waals surface area (Å²) in [5.74, 6) is 1.14. The van der Waals surface area contributed by atoms with Crippen molar-refractivity contribution in [3.63, 3.8) is 0 Å². The van der Waals surface area contributed by atoms with Gasteiger partial charge in [-0.05, 0) is 176 Å². The zero-order valence-corrected chi connectivity index (χ0v) is 85.6. The molecular weight excluding hydrogens is 1940 g/mol. The Labute approximate surface area is 788 Å². The normalized spacial score (nSPS) is 12.7. The Bertz CT molecular complexity index is 5660. The maximum absolute atomic E-state index is 14.0. The summed E-state index contributed by atoms with van der Waals surface area (Å²) in [6.45, 7) is 45.5. The SMILES string of the molecule is C=C(OCC)c1cc(C(C)C)cc(-c2csc3c(F)cccc23)n1.C=[C](OCC)[Sn]([CH2]CCC)([CH2]CCC)[CH2]CCC.CC(C)c1cc(C(=O)CBr)nc(-c2csc3c(F)cccc23)c1.CC(C)c1cc(Cl)nc(-c2csc3c(F)cccc23)c1.CC(C)c1cc(Cl)nc(Cl)c1.CC1(C)OB(c2csc3c(F)cccc23)OC1(C)C.Clc1cc(Cl)nc(Cl)c1. The van der Waals surface area contributed by atoms with Gasteiger partial charge < -0.3 is 14.0 Å². The van der Waals surface area contributed by atoms with Crippen LogP contribution in [0.25, 0.3) is 79.9 Å². The number of alkyl halides is 1. The summed E-state index contributed by atoms with van der Waals surface area (Å²) >= 11 is 40.5. The molecule has 10 nitrogen and oxygen atoms in total. The Morgan fingerprint density at radius 3 is 1.14 bits per heavy atom. The summed E-state index contributed by atoms with van der Waals surface area (Å²) < 4.78 is 87.1. The molecule has 1 fully saturated rings. The van der Waals surface area contributed by atoms with Crippen LogP contribution in [-0.4, -0.2) is 85.9 Å². The van der Waals surface area contributed by atoms with Gasteiger partial charge in [-0.15, -0.1) is 45.3 Å². The molecule has 0 saturated carbocycles. The Balaban J connectivity index is 0.000000183. The average Bonchev–Trinajstić information content (AvgIpc) is 1.60. The Hall–Kier alpha value is -6.06. The second-order valence-electron chi connectivity index (χ2n) is 32.1. The number of hydrogen-bond acceptors (Lipinski definition) is 14. The van der Waals surface area contributed by atoms with E-state index in [9.17, 15) is 22.4 Å². The number of fused-ring (bicyclic) bond motifs is 4. The average molecular weight is 2050 g/mol. The third-order valence-electron chi connectivity index (χ3n) is 21.2. The molecule has 0 amide bonds. The van der Waals surface area contributed by atoms with Crippen molar-refractivity contribution in [3.8, 4) is 33.8 Å². The number of aromatic nitrogens is 5. The number of carbonyl (C=O) groups is 1. The van der Waals surface area contributed by atoms with Gasteiger partial charge in [0.25, 0.3) is 0 Å². The maximum atomic E-state index is 14.0. The molecule has 0 atom stereocenters. The van der Waals surface area contributed by atoms with Gasteiger partial charge in [-0.25, -0.2) is 42.5 Å². The molecule has 0 aliphatic carbocycles. The molecule has 0 spiro atoms. The van der Waals surface area contributed by atoms with Gasteiger partial charge >= 0.3 is 127 Å². The van der Waals surface area contributed by atoms with E-state index in [2.05, 4.69) is 138 Å². The molecule has 0 unspecified atom stereocenters. The van der Waals surface area contributed by atoms with Crippen molar-refractivity contribution in [2.24, 2.45) is 0 Å². The molecule has 0 bridgehead atoms. The first kappa shape index (κ1) is 103. The fourth-order valence-corrected chi connectivity index (χ4v) is 33.7. The standard InChI is InChI=1S/C20H20FNOS.C18H15BrFNOS.C16H13ClFNS.C14H16BFO2S.C8H9Cl2N.C5H2Cl3N.C4H7O.3C4H9.Sn/c1-5-23-13(4)18-9-14(12(2)3)10-19(22-18)16-11-24-20-15(16)7-6-8-17(20)21;1-10(2)11-6-15(21-16(7-11)17(22)8-19)13-9-23-18-12(13)4-3-5-14(18)20;1-9(2)10-6-14(19-15(17)7-10)12-8-20-16-11(12)4-3-5-13(16)18;1-13(2)14(3,4)18-15(17-13)10-8-19-12-9(10)6-5-7-11(12)16;1-5(2)6-3-7(9)11-8(10)4-6;6-3-1-4(7)9-5(8)2-3;1-3-5-4-2;3*1-3-4-2;/h6-12H,4-5H2,1-3H3;3-7,9-10H,8H2,1-2H3;3-9H,1-2H3;5-8H,1-4H3;3-5H,1-2H3;1-2H;1,4H2,2H3;3*1,3-4H2,2H3;. The van der Waals surface area contributed by atoms with Gasteiger partial charge in [0, 0.05) is 59.5 Å². The number of halogens is 11. The summed E-state index contributed by atoms with van der Waals surface area (Å²) in [7, 11) is -0.430. The van der Waals surface area contributed by atoms with Crippen LogP contribution in [0.2, 0.25) is 44.1 Å². The van der Waals surface area contributed by atoms with E-state index < -0.39 is 25.5 Å². The van der Waals surface area contributed by atoms with Gasteiger partial charge in [-0.2, -0.15) is 0 Å². The van der Waals surface area contributed by atoms with E-state index in [4.69, 9.17) is 93.4 Å². The van der Waals surface area contributed by atoms with Gasteiger partial charge in [0.15, 0.2) is 5.78 Å². The largest absolute Gasteiger partial charge is 0.496 e. The van der Waals surface area contributed by atoms with Crippen molar-refractivity contribution in [1.82, 2.24) is 24.9 Å². The molecular formula is C97H109BBrCl6F4N5O5S4Sn. The van der Waals surface area contributed by atoms with Crippen molar-refractivity contribution in [3.05, 3.63) is 260 Å². The first-order valence-corrected chi connectivity index (χ1v) is 56.0. The zero-order chi connectivity index (χ0) is 91.1. The van der Waals surface area contributed by atoms with Crippen LogP contribution in [0.15, 0.2) is 172 Å². The number of rotatable bonds is 25. The monoisotopic (exact) mass is 2050 g/mol. The van der Waals surface area contributed by atoms with Crippen molar-refractivity contribution >= 4 is 214 Å². The van der Waals surface area contributed by atoms with Gasteiger partial charge in [-0.1, -0.05) is 196 Å². The molecule has 27 heteroatoms. The zero-order valence-electron chi connectivity index (χ0n) is 73.4. The van der Waals surface area contributed by atoms with Gasteiger partial charge in [0.2, 0.25) is 0 Å². The minimum atomic E-state index is -2.24. The number of nitrogens with zero attached hydrogens (tertiary/aromatic N) is 5. The minimum Gasteiger partial charge on any atom is -0.399 e. The fraction of sp³-hybridized carbons (Fsp3) is 0.361. The first-order chi connectivity index (χ1) is 58.8. The number of Topliss-reactive ketones (excluding diaryl/α,β-unsaturated/α-hetero) is 1. The second kappa shape index (κ2) is 48.6. The van der Waals surface area contributed by atoms with Crippen molar-refractivity contribution in [2.45, 2.75) is 204 Å². The van der Waals surface area contributed by atoms with E-state index in [0.717, 1.165) is 95.3 Å². The quantitative estimate of drug-likeness (QED) is 0.0137. The van der Waals surface area contributed by atoms with Crippen molar-refractivity contribution in [1.29, 1.82) is 0 Å². The molecule has 14 rings (SSSR count). The molecule has 1 aliphatic rings. The molecule has 1 saturated heterocycles. The molecule has 10 heterocycles. The van der Waals surface area contributed by atoms with Gasteiger partial charge in [0.05, 0.1) is 59.0 Å². The van der Waals surface area contributed by atoms with Crippen LogP contribution in [0.4, 0.5) is 17.6 Å². The maximum Gasteiger partial charge on any atom is 0.496 e. The number of benzene rings is 4. The number of ether oxygens (including phenoxy) is 2. The van der Waals surface area contributed by atoms with Crippen molar-refractivity contribution in [2.75, 3.05) is 18.5 Å². The number of unbranched alkanes of at least 4 members (excludes halogenated alkanes) is 3. The summed E-state index contributed by atoms with van der Waals surface area (Å²) in [5.41, 5.74) is 10.9. The Morgan fingerprint density at radius 2 is 0.774 bits per heavy atom. The Morgan fingerprint density at radius 1 is 0.452 bits per heavy atom. The van der Waals surface area contributed by atoms with Crippen LogP contribution in [0, 0.1) is 23.3 Å². The predicted octanol–water partition coefficient (Wildman–Crippen LogP) is 33.7. The molecule has 9 aromatic heterocycles. The number of thiophene rings is 4.